The van der Waals surface area contributed by atoms with Crippen LogP contribution in [0, 0.1) is 11.8 Å². The van der Waals surface area contributed by atoms with Crippen LogP contribution in [0.15, 0.2) is 18.2 Å². The van der Waals surface area contributed by atoms with Crippen LogP contribution in [-0.4, -0.2) is 17.6 Å². The highest BCUT2D eigenvalue weighted by Crippen LogP contribution is 2.35. The maximum atomic E-state index is 5.55. The van der Waals surface area contributed by atoms with E-state index in [4.69, 9.17) is 4.74 Å². The third kappa shape index (κ3) is 2.62. The summed E-state index contributed by atoms with van der Waals surface area (Å²) in [4.78, 5) is 4.69. The van der Waals surface area contributed by atoms with Gasteiger partial charge in [-0.25, -0.2) is 4.98 Å². The molecule has 3 unspecified atom stereocenters. The van der Waals surface area contributed by atoms with Crippen molar-refractivity contribution in [3.8, 4) is 5.75 Å². The molecule has 1 N–H and O–H groups in total. The third-order valence-corrected chi connectivity index (χ3v) is 5.39. The van der Waals surface area contributed by atoms with Crippen LogP contribution in [0.2, 0.25) is 0 Å². The standard InChI is InChI=1S/C16H22N2OS/c1-4-19-12-6-8-14-15(9-12)20-16(18-14)17-13-7-5-10(2)11(13)3/h6,8-11,13H,4-5,7H2,1-3H3,(H,17,18). The molecule has 1 aliphatic rings. The maximum Gasteiger partial charge on any atom is 0.184 e. The lowest BCUT2D eigenvalue weighted by Gasteiger charge is -2.18. The SMILES string of the molecule is CCOc1ccc2nc(NC3CCC(C)C3C)sc2c1. The van der Waals surface area contributed by atoms with Gasteiger partial charge in [-0.2, -0.15) is 0 Å². The lowest BCUT2D eigenvalue weighted by atomic mass is 9.98. The second kappa shape index (κ2) is 5.60. The summed E-state index contributed by atoms with van der Waals surface area (Å²) in [6.45, 7) is 7.40. The number of rotatable bonds is 4. The molecule has 1 fully saturated rings. The maximum absolute atomic E-state index is 5.55. The first-order chi connectivity index (χ1) is 9.67. The first-order valence-corrected chi connectivity index (χ1v) is 8.29. The summed E-state index contributed by atoms with van der Waals surface area (Å²) < 4.78 is 6.74. The molecule has 0 aliphatic heterocycles. The number of hydrogen-bond donors (Lipinski definition) is 1. The van der Waals surface area contributed by atoms with Crippen LogP contribution >= 0.6 is 11.3 Å². The summed E-state index contributed by atoms with van der Waals surface area (Å²) in [6, 6.07) is 6.69. The Morgan fingerprint density at radius 1 is 1.35 bits per heavy atom. The van der Waals surface area contributed by atoms with Crippen molar-refractivity contribution in [1.29, 1.82) is 0 Å². The Kier molecular flexibility index (Phi) is 3.83. The molecule has 1 saturated carbocycles. The van der Waals surface area contributed by atoms with Crippen molar-refractivity contribution in [3.05, 3.63) is 18.2 Å². The molecule has 20 heavy (non-hydrogen) atoms. The molecular formula is C16H22N2OS. The van der Waals surface area contributed by atoms with E-state index in [0.29, 0.717) is 12.6 Å². The molecular weight excluding hydrogens is 268 g/mol. The van der Waals surface area contributed by atoms with Crippen LogP contribution in [-0.2, 0) is 0 Å². The number of benzene rings is 1. The van der Waals surface area contributed by atoms with Crippen LogP contribution in [0.4, 0.5) is 5.13 Å². The molecule has 3 nitrogen and oxygen atoms in total. The molecule has 108 valence electrons. The number of aromatic nitrogens is 1. The minimum Gasteiger partial charge on any atom is -0.494 e. The average molecular weight is 290 g/mol. The average Bonchev–Trinajstić information content (AvgIpc) is 2.97. The van der Waals surface area contributed by atoms with E-state index in [1.807, 2.05) is 19.1 Å². The number of nitrogens with one attached hydrogen (secondary N) is 1. The van der Waals surface area contributed by atoms with Crippen molar-refractivity contribution in [2.24, 2.45) is 11.8 Å². The van der Waals surface area contributed by atoms with E-state index in [-0.39, 0.29) is 0 Å². The predicted octanol–water partition coefficient (Wildman–Crippen LogP) is 4.54. The van der Waals surface area contributed by atoms with Gasteiger partial charge in [-0.3, -0.25) is 0 Å². The van der Waals surface area contributed by atoms with Gasteiger partial charge in [0.15, 0.2) is 5.13 Å². The van der Waals surface area contributed by atoms with Gasteiger partial charge in [0, 0.05) is 6.04 Å². The lowest BCUT2D eigenvalue weighted by molar-refractivity contribution is 0.341. The summed E-state index contributed by atoms with van der Waals surface area (Å²) in [5.74, 6) is 2.46. The second-order valence-corrected chi connectivity index (χ2v) is 6.78. The number of ether oxygens (including phenoxy) is 1. The van der Waals surface area contributed by atoms with Gasteiger partial charge in [-0.1, -0.05) is 25.2 Å². The Hall–Kier alpha value is -1.29. The van der Waals surface area contributed by atoms with E-state index < -0.39 is 0 Å². The molecule has 1 aromatic carbocycles. The number of hydrogen-bond acceptors (Lipinski definition) is 4. The van der Waals surface area contributed by atoms with E-state index >= 15 is 0 Å². The molecule has 0 radical (unpaired) electrons. The highest BCUT2D eigenvalue weighted by molar-refractivity contribution is 7.22. The van der Waals surface area contributed by atoms with E-state index in [0.717, 1.165) is 28.2 Å². The van der Waals surface area contributed by atoms with Crippen LogP contribution in [0.5, 0.6) is 5.75 Å². The Labute approximate surface area is 124 Å². The van der Waals surface area contributed by atoms with Gasteiger partial charge in [0.25, 0.3) is 0 Å². The van der Waals surface area contributed by atoms with Crippen molar-refractivity contribution in [1.82, 2.24) is 4.98 Å². The first-order valence-electron chi connectivity index (χ1n) is 7.47. The monoisotopic (exact) mass is 290 g/mol. The summed E-state index contributed by atoms with van der Waals surface area (Å²) in [5, 5.41) is 4.67. The Morgan fingerprint density at radius 2 is 2.20 bits per heavy atom. The molecule has 2 aromatic rings. The Bertz CT molecular complexity index is 595. The van der Waals surface area contributed by atoms with E-state index in [1.54, 1.807) is 11.3 Å². The van der Waals surface area contributed by atoms with E-state index in [2.05, 4.69) is 30.2 Å². The zero-order valence-corrected chi connectivity index (χ0v) is 13.2. The van der Waals surface area contributed by atoms with E-state index in [9.17, 15) is 0 Å². The quantitative estimate of drug-likeness (QED) is 0.897. The molecule has 3 atom stereocenters. The number of nitrogens with zero attached hydrogens (tertiary/aromatic N) is 1. The molecule has 4 heteroatoms. The molecule has 0 amide bonds. The van der Waals surface area contributed by atoms with Crippen LogP contribution in [0.3, 0.4) is 0 Å². The van der Waals surface area contributed by atoms with Gasteiger partial charge in [0.05, 0.1) is 16.8 Å². The summed E-state index contributed by atoms with van der Waals surface area (Å²) in [6.07, 6.45) is 2.57. The van der Waals surface area contributed by atoms with Crippen molar-refractivity contribution in [2.45, 2.75) is 39.7 Å². The van der Waals surface area contributed by atoms with Gasteiger partial charge in [0.1, 0.15) is 5.75 Å². The summed E-state index contributed by atoms with van der Waals surface area (Å²) in [7, 11) is 0. The molecule has 0 spiro atoms. The van der Waals surface area contributed by atoms with Crippen molar-refractivity contribution >= 4 is 26.7 Å². The minimum atomic E-state index is 0.567. The topological polar surface area (TPSA) is 34.1 Å². The molecule has 0 saturated heterocycles. The third-order valence-electron chi connectivity index (χ3n) is 4.45. The normalized spacial score (nSPS) is 26.1. The smallest absolute Gasteiger partial charge is 0.184 e. The number of fused-ring (bicyclic) bond motifs is 1. The van der Waals surface area contributed by atoms with Gasteiger partial charge < -0.3 is 10.1 Å². The minimum absolute atomic E-state index is 0.567. The zero-order valence-electron chi connectivity index (χ0n) is 12.3. The fourth-order valence-electron chi connectivity index (χ4n) is 2.95. The molecule has 1 aromatic heterocycles. The van der Waals surface area contributed by atoms with Gasteiger partial charge in [-0.15, -0.1) is 0 Å². The fourth-order valence-corrected chi connectivity index (χ4v) is 3.91. The van der Waals surface area contributed by atoms with Crippen molar-refractivity contribution in [3.63, 3.8) is 0 Å². The lowest BCUT2D eigenvalue weighted by Crippen LogP contribution is -2.23. The highest BCUT2D eigenvalue weighted by Gasteiger charge is 2.30. The van der Waals surface area contributed by atoms with Crippen molar-refractivity contribution in [2.75, 3.05) is 11.9 Å². The van der Waals surface area contributed by atoms with Crippen LogP contribution in [0.25, 0.3) is 10.2 Å². The predicted molar refractivity (Wildman–Crippen MR) is 85.8 cm³/mol. The van der Waals surface area contributed by atoms with Crippen LogP contribution < -0.4 is 10.1 Å². The van der Waals surface area contributed by atoms with Crippen LogP contribution in [0.1, 0.15) is 33.6 Å². The zero-order chi connectivity index (χ0) is 14.1. The van der Waals surface area contributed by atoms with Gasteiger partial charge >= 0.3 is 0 Å². The highest BCUT2D eigenvalue weighted by atomic mass is 32.1. The fraction of sp³-hybridized carbons (Fsp3) is 0.562. The van der Waals surface area contributed by atoms with Gasteiger partial charge in [0.2, 0.25) is 0 Å². The Morgan fingerprint density at radius 3 is 2.90 bits per heavy atom. The summed E-state index contributed by atoms with van der Waals surface area (Å²) in [5.41, 5.74) is 1.06. The largest absolute Gasteiger partial charge is 0.494 e. The molecule has 1 aliphatic carbocycles. The summed E-state index contributed by atoms with van der Waals surface area (Å²) >= 11 is 1.73. The second-order valence-electron chi connectivity index (χ2n) is 5.75. The first kappa shape index (κ1) is 13.7. The van der Waals surface area contributed by atoms with E-state index in [1.165, 1.54) is 17.5 Å². The van der Waals surface area contributed by atoms with Gasteiger partial charge in [-0.05, 0) is 49.8 Å². The number of anilines is 1. The van der Waals surface area contributed by atoms with Crippen molar-refractivity contribution < 1.29 is 4.74 Å². The molecule has 0 bridgehead atoms. The number of thiazole rings is 1. The Balaban J connectivity index is 1.79. The molecule has 3 rings (SSSR count). The molecule has 1 heterocycles.